The van der Waals surface area contributed by atoms with Gasteiger partial charge in [0.15, 0.2) is 0 Å². The lowest BCUT2D eigenvalue weighted by atomic mass is 9.99. The quantitative estimate of drug-likeness (QED) is 0.761. The maximum atomic E-state index is 11.9. The molecular formula is C16H27ClN2O2. The van der Waals surface area contributed by atoms with E-state index >= 15 is 0 Å². The molecule has 4 nitrogen and oxygen atoms in total. The summed E-state index contributed by atoms with van der Waals surface area (Å²) in [7, 11) is 1.69. The van der Waals surface area contributed by atoms with Crippen molar-refractivity contribution in [3.8, 4) is 0 Å². The minimum absolute atomic E-state index is 0. The standard InChI is InChI=1S/C16H26N2O2.ClH/c1-12(11-16(2,3)20-4)18-15(19)10-9-13-7-5-6-8-14(13)17;/h5-8,12H,9-11,17H2,1-4H3,(H,18,19);1H. The summed E-state index contributed by atoms with van der Waals surface area (Å²) in [6, 6.07) is 7.74. The molecule has 1 unspecified atom stereocenters. The predicted octanol–water partition coefficient (Wildman–Crippen LogP) is 2.94. The zero-order valence-corrected chi connectivity index (χ0v) is 14.1. The minimum atomic E-state index is -0.226. The Morgan fingerprint density at radius 3 is 2.57 bits per heavy atom. The summed E-state index contributed by atoms with van der Waals surface area (Å²) in [6.45, 7) is 6.02. The van der Waals surface area contributed by atoms with Crippen molar-refractivity contribution in [1.82, 2.24) is 5.32 Å². The van der Waals surface area contributed by atoms with E-state index in [1.54, 1.807) is 7.11 Å². The maximum Gasteiger partial charge on any atom is 0.220 e. The molecule has 0 heterocycles. The number of nitrogen functional groups attached to an aromatic ring is 1. The summed E-state index contributed by atoms with van der Waals surface area (Å²) in [5.74, 6) is 0.0488. The lowest BCUT2D eigenvalue weighted by molar-refractivity contribution is -0.122. The number of nitrogens with two attached hydrogens (primary N) is 1. The highest BCUT2D eigenvalue weighted by Crippen LogP contribution is 2.16. The van der Waals surface area contributed by atoms with Crippen LogP contribution < -0.4 is 11.1 Å². The fourth-order valence-electron chi connectivity index (χ4n) is 2.23. The van der Waals surface area contributed by atoms with Crippen LogP contribution in [0.25, 0.3) is 0 Å². The predicted molar refractivity (Wildman–Crippen MR) is 89.7 cm³/mol. The molecule has 0 saturated heterocycles. The highest BCUT2D eigenvalue weighted by Gasteiger charge is 2.21. The van der Waals surface area contributed by atoms with E-state index in [-0.39, 0.29) is 30.0 Å². The molecule has 0 aliphatic heterocycles. The van der Waals surface area contributed by atoms with Gasteiger partial charge in [-0.05, 0) is 45.2 Å². The van der Waals surface area contributed by atoms with Crippen molar-refractivity contribution in [2.75, 3.05) is 12.8 Å². The van der Waals surface area contributed by atoms with E-state index in [1.165, 1.54) is 0 Å². The zero-order valence-electron chi connectivity index (χ0n) is 13.3. The molecule has 0 saturated carbocycles. The number of ether oxygens (including phenoxy) is 1. The van der Waals surface area contributed by atoms with Crippen LogP contribution in [-0.2, 0) is 16.0 Å². The number of hydrogen-bond acceptors (Lipinski definition) is 3. The number of carbonyl (C=O) groups excluding carboxylic acids is 1. The van der Waals surface area contributed by atoms with Gasteiger partial charge in [-0.1, -0.05) is 18.2 Å². The van der Waals surface area contributed by atoms with Crippen molar-refractivity contribution in [2.24, 2.45) is 0 Å². The second-order valence-electron chi connectivity index (χ2n) is 5.84. The summed E-state index contributed by atoms with van der Waals surface area (Å²) in [6.07, 6.45) is 1.90. The van der Waals surface area contributed by atoms with Gasteiger partial charge in [-0.25, -0.2) is 0 Å². The van der Waals surface area contributed by atoms with Crippen LogP contribution in [0.2, 0.25) is 0 Å². The van der Waals surface area contributed by atoms with E-state index in [2.05, 4.69) is 5.32 Å². The van der Waals surface area contributed by atoms with Gasteiger partial charge >= 0.3 is 0 Å². The van der Waals surface area contributed by atoms with E-state index in [0.29, 0.717) is 12.8 Å². The topological polar surface area (TPSA) is 64.3 Å². The normalized spacial score (nSPS) is 12.4. The minimum Gasteiger partial charge on any atom is -0.399 e. The van der Waals surface area contributed by atoms with Crippen LogP contribution in [0.1, 0.15) is 39.2 Å². The fraction of sp³-hybridized carbons (Fsp3) is 0.562. The molecule has 21 heavy (non-hydrogen) atoms. The van der Waals surface area contributed by atoms with Gasteiger partial charge in [0.1, 0.15) is 0 Å². The SMILES string of the molecule is COC(C)(C)CC(C)NC(=O)CCc1ccccc1N.Cl. The average molecular weight is 315 g/mol. The van der Waals surface area contributed by atoms with Gasteiger partial charge in [0.2, 0.25) is 5.91 Å². The Morgan fingerprint density at radius 2 is 2.00 bits per heavy atom. The maximum absolute atomic E-state index is 11.9. The molecule has 0 spiro atoms. The summed E-state index contributed by atoms with van der Waals surface area (Å²) < 4.78 is 5.37. The molecule has 0 fully saturated rings. The van der Waals surface area contributed by atoms with Crippen molar-refractivity contribution in [3.63, 3.8) is 0 Å². The summed E-state index contributed by atoms with van der Waals surface area (Å²) in [5.41, 5.74) is 7.40. The van der Waals surface area contributed by atoms with Gasteiger partial charge in [-0.3, -0.25) is 4.79 Å². The summed E-state index contributed by atoms with van der Waals surface area (Å²) in [5, 5.41) is 3.00. The van der Waals surface area contributed by atoms with Crippen LogP contribution in [0, 0.1) is 0 Å². The molecule has 0 bridgehead atoms. The van der Waals surface area contributed by atoms with Gasteiger partial charge in [0.05, 0.1) is 5.60 Å². The van der Waals surface area contributed by atoms with E-state index in [1.807, 2.05) is 45.0 Å². The molecule has 1 aromatic rings. The highest BCUT2D eigenvalue weighted by molar-refractivity contribution is 5.85. The number of nitrogens with one attached hydrogen (secondary N) is 1. The molecule has 5 heteroatoms. The zero-order chi connectivity index (χ0) is 15.2. The molecule has 0 radical (unpaired) electrons. The number of anilines is 1. The molecular weight excluding hydrogens is 288 g/mol. The number of rotatable bonds is 7. The van der Waals surface area contributed by atoms with E-state index in [9.17, 15) is 4.79 Å². The number of para-hydroxylation sites is 1. The Hall–Kier alpha value is -1.26. The highest BCUT2D eigenvalue weighted by atomic mass is 35.5. The van der Waals surface area contributed by atoms with E-state index < -0.39 is 0 Å². The number of halogens is 1. The van der Waals surface area contributed by atoms with Crippen LogP contribution in [0.4, 0.5) is 5.69 Å². The van der Waals surface area contributed by atoms with Crippen molar-refractivity contribution >= 4 is 24.0 Å². The van der Waals surface area contributed by atoms with Crippen LogP contribution in [0.5, 0.6) is 0 Å². The fourth-order valence-corrected chi connectivity index (χ4v) is 2.23. The number of amides is 1. The molecule has 0 aliphatic carbocycles. The van der Waals surface area contributed by atoms with Gasteiger partial charge in [0, 0.05) is 25.3 Å². The number of aryl methyl sites for hydroxylation is 1. The van der Waals surface area contributed by atoms with Gasteiger partial charge in [-0.15, -0.1) is 12.4 Å². The van der Waals surface area contributed by atoms with Crippen molar-refractivity contribution in [1.29, 1.82) is 0 Å². The Morgan fingerprint density at radius 1 is 1.38 bits per heavy atom. The molecule has 120 valence electrons. The van der Waals surface area contributed by atoms with Gasteiger partial charge < -0.3 is 15.8 Å². The molecule has 1 amide bonds. The first kappa shape index (κ1) is 19.7. The number of methoxy groups -OCH3 is 1. The largest absolute Gasteiger partial charge is 0.399 e. The third kappa shape index (κ3) is 7.34. The first-order chi connectivity index (χ1) is 9.34. The lowest BCUT2D eigenvalue weighted by Crippen LogP contribution is -2.39. The van der Waals surface area contributed by atoms with Crippen molar-refractivity contribution < 1.29 is 9.53 Å². The third-order valence-electron chi connectivity index (χ3n) is 3.43. The monoisotopic (exact) mass is 314 g/mol. The van der Waals surface area contributed by atoms with Gasteiger partial charge in [0.25, 0.3) is 0 Å². The average Bonchev–Trinajstić information content (AvgIpc) is 2.37. The third-order valence-corrected chi connectivity index (χ3v) is 3.43. The number of benzene rings is 1. The Labute approximate surface area is 133 Å². The summed E-state index contributed by atoms with van der Waals surface area (Å²) >= 11 is 0. The Bertz CT molecular complexity index is 450. The first-order valence-electron chi connectivity index (χ1n) is 7.02. The Balaban J connectivity index is 0.00000400. The molecule has 1 rings (SSSR count). The van der Waals surface area contributed by atoms with Crippen molar-refractivity contribution in [3.05, 3.63) is 29.8 Å². The van der Waals surface area contributed by atoms with Crippen molar-refractivity contribution in [2.45, 2.75) is 51.7 Å². The molecule has 1 aromatic carbocycles. The van der Waals surface area contributed by atoms with Crippen LogP contribution in [0.15, 0.2) is 24.3 Å². The van der Waals surface area contributed by atoms with Crippen LogP contribution in [0.3, 0.4) is 0 Å². The van der Waals surface area contributed by atoms with E-state index in [4.69, 9.17) is 10.5 Å². The summed E-state index contributed by atoms with van der Waals surface area (Å²) in [4.78, 5) is 11.9. The van der Waals surface area contributed by atoms with Crippen LogP contribution in [-0.4, -0.2) is 24.7 Å². The van der Waals surface area contributed by atoms with Crippen LogP contribution >= 0.6 is 12.4 Å². The van der Waals surface area contributed by atoms with Gasteiger partial charge in [-0.2, -0.15) is 0 Å². The molecule has 0 aliphatic rings. The Kier molecular flexibility index (Phi) is 8.37. The lowest BCUT2D eigenvalue weighted by Gasteiger charge is -2.27. The number of hydrogen-bond donors (Lipinski definition) is 2. The molecule has 0 aromatic heterocycles. The second-order valence-corrected chi connectivity index (χ2v) is 5.84. The first-order valence-corrected chi connectivity index (χ1v) is 7.02. The second kappa shape index (κ2) is 8.90. The van der Waals surface area contributed by atoms with E-state index in [0.717, 1.165) is 17.7 Å². The molecule has 3 N–H and O–H groups in total. The number of carbonyl (C=O) groups is 1. The molecule has 1 atom stereocenters. The smallest absolute Gasteiger partial charge is 0.220 e.